The molecule has 1 heterocycles. The lowest BCUT2D eigenvalue weighted by Crippen LogP contribution is -2.39. The molecule has 1 aromatic heterocycles. The summed E-state index contributed by atoms with van der Waals surface area (Å²) < 4.78 is 20.9. The van der Waals surface area contributed by atoms with Crippen molar-refractivity contribution < 1.29 is 9.13 Å². The van der Waals surface area contributed by atoms with E-state index in [0.717, 1.165) is 36.6 Å². The van der Waals surface area contributed by atoms with E-state index in [1.807, 2.05) is 31.5 Å². The SMILES string of the molecule is CCCCNC(=NCc1nnc(C)n1C)NC(C)c1ccc(OC)c(F)c1.I. The van der Waals surface area contributed by atoms with Gasteiger partial charge in [-0.25, -0.2) is 9.38 Å². The van der Waals surface area contributed by atoms with E-state index in [-0.39, 0.29) is 41.6 Å². The van der Waals surface area contributed by atoms with E-state index < -0.39 is 0 Å². The molecule has 156 valence electrons. The first-order chi connectivity index (χ1) is 13.0. The van der Waals surface area contributed by atoms with Crippen LogP contribution >= 0.6 is 24.0 Å². The second-order valence-corrected chi connectivity index (χ2v) is 6.43. The van der Waals surface area contributed by atoms with Crippen LogP contribution in [0.2, 0.25) is 0 Å². The Morgan fingerprint density at radius 1 is 1.36 bits per heavy atom. The van der Waals surface area contributed by atoms with Crippen molar-refractivity contribution in [3.63, 3.8) is 0 Å². The number of aliphatic imine (C=N–C) groups is 1. The molecule has 0 saturated carbocycles. The van der Waals surface area contributed by atoms with E-state index >= 15 is 0 Å². The first-order valence-electron chi connectivity index (χ1n) is 9.19. The minimum atomic E-state index is -0.379. The number of hydrogen-bond acceptors (Lipinski definition) is 4. The van der Waals surface area contributed by atoms with Gasteiger partial charge < -0.3 is 19.9 Å². The molecule has 0 amide bonds. The number of benzene rings is 1. The van der Waals surface area contributed by atoms with Crippen LogP contribution in [0.3, 0.4) is 0 Å². The zero-order valence-corrected chi connectivity index (χ0v) is 19.5. The number of guanidine groups is 1. The van der Waals surface area contributed by atoms with Crippen LogP contribution in [0.4, 0.5) is 4.39 Å². The fourth-order valence-electron chi connectivity index (χ4n) is 2.51. The van der Waals surface area contributed by atoms with Crippen LogP contribution < -0.4 is 15.4 Å². The first-order valence-corrected chi connectivity index (χ1v) is 9.19. The van der Waals surface area contributed by atoms with Gasteiger partial charge >= 0.3 is 0 Å². The second-order valence-electron chi connectivity index (χ2n) is 6.43. The fourth-order valence-corrected chi connectivity index (χ4v) is 2.51. The number of rotatable bonds is 8. The normalized spacial score (nSPS) is 12.3. The minimum absolute atomic E-state index is 0. The van der Waals surface area contributed by atoms with Crippen LogP contribution in [0.1, 0.15) is 49.9 Å². The van der Waals surface area contributed by atoms with E-state index in [1.54, 1.807) is 6.07 Å². The molecular formula is C19H30FIN6O. The summed E-state index contributed by atoms with van der Waals surface area (Å²) >= 11 is 0. The van der Waals surface area contributed by atoms with Gasteiger partial charge in [0.25, 0.3) is 0 Å². The van der Waals surface area contributed by atoms with E-state index in [1.165, 1.54) is 13.2 Å². The Kier molecular flexibility index (Phi) is 10.2. The molecule has 2 N–H and O–H groups in total. The largest absolute Gasteiger partial charge is 0.494 e. The quantitative estimate of drug-likeness (QED) is 0.249. The van der Waals surface area contributed by atoms with E-state index in [4.69, 9.17) is 4.74 Å². The molecule has 0 bridgehead atoms. The highest BCUT2D eigenvalue weighted by Crippen LogP contribution is 2.21. The summed E-state index contributed by atoms with van der Waals surface area (Å²) in [5.41, 5.74) is 0.813. The molecule has 2 aromatic rings. The zero-order chi connectivity index (χ0) is 19.8. The lowest BCUT2D eigenvalue weighted by Gasteiger charge is -2.19. The third-order valence-electron chi connectivity index (χ3n) is 4.41. The number of nitrogens with zero attached hydrogens (tertiary/aromatic N) is 4. The minimum Gasteiger partial charge on any atom is -0.494 e. The summed E-state index contributed by atoms with van der Waals surface area (Å²) in [6.45, 7) is 7.22. The summed E-state index contributed by atoms with van der Waals surface area (Å²) in [4.78, 5) is 4.61. The van der Waals surface area contributed by atoms with Crippen LogP contribution in [-0.4, -0.2) is 34.4 Å². The standard InChI is InChI=1S/C19H29FN6O.HI/c1-6-7-10-21-19(22-12-18-25-24-14(3)26(18)4)23-13(2)15-8-9-17(27-5)16(20)11-15;/h8-9,11,13H,6-7,10,12H2,1-5H3,(H2,21,22,23);1H. The van der Waals surface area contributed by atoms with Crippen LogP contribution in [0.5, 0.6) is 5.75 Å². The molecule has 1 atom stereocenters. The Labute approximate surface area is 183 Å². The van der Waals surface area contributed by atoms with Gasteiger partial charge in [-0.05, 0) is 38.0 Å². The third-order valence-corrected chi connectivity index (χ3v) is 4.41. The van der Waals surface area contributed by atoms with Crippen molar-refractivity contribution in [1.29, 1.82) is 0 Å². The molecule has 0 aliphatic heterocycles. The smallest absolute Gasteiger partial charge is 0.192 e. The maximum atomic E-state index is 14.0. The summed E-state index contributed by atoms with van der Waals surface area (Å²) in [6, 6.07) is 4.83. The van der Waals surface area contributed by atoms with Crippen molar-refractivity contribution in [3.8, 4) is 5.75 Å². The average Bonchev–Trinajstić information content (AvgIpc) is 2.98. The Morgan fingerprint density at radius 2 is 2.11 bits per heavy atom. The molecule has 0 spiro atoms. The second kappa shape index (κ2) is 11.8. The van der Waals surface area contributed by atoms with Crippen molar-refractivity contribution in [1.82, 2.24) is 25.4 Å². The predicted molar refractivity (Wildman–Crippen MR) is 120 cm³/mol. The van der Waals surface area contributed by atoms with Crippen LogP contribution in [0, 0.1) is 12.7 Å². The lowest BCUT2D eigenvalue weighted by molar-refractivity contribution is 0.386. The molecule has 28 heavy (non-hydrogen) atoms. The van der Waals surface area contributed by atoms with Crippen LogP contribution in [0.15, 0.2) is 23.2 Å². The van der Waals surface area contributed by atoms with Crippen molar-refractivity contribution in [2.75, 3.05) is 13.7 Å². The molecular weight excluding hydrogens is 474 g/mol. The molecule has 0 aliphatic rings. The summed E-state index contributed by atoms with van der Waals surface area (Å²) in [7, 11) is 3.37. The third kappa shape index (κ3) is 6.61. The molecule has 1 unspecified atom stereocenters. The average molecular weight is 504 g/mol. The molecule has 0 fully saturated rings. The number of unbranched alkanes of at least 4 members (excludes halogenated alkanes) is 1. The number of aromatic nitrogens is 3. The maximum absolute atomic E-state index is 14.0. The van der Waals surface area contributed by atoms with Gasteiger partial charge in [-0.1, -0.05) is 19.4 Å². The van der Waals surface area contributed by atoms with Gasteiger partial charge in [0.2, 0.25) is 0 Å². The van der Waals surface area contributed by atoms with Crippen molar-refractivity contribution in [2.24, 2.45) is 12.0 Å². The molecule has 7 nitrogen and oxygen atoms in total. The number of ether oxygens (including phenoxy) is 1. The molecule has 0 aliphatic carbocycles. The highest BCUT2D eigenvalue weighted by molar-refractivity contribution is 14.0. The molecule has 1 aromatic carbocycles. The monoisotopic (exact) mass is 504 g/mol. The predicted octanol–water partition coefficient (Wildman–Crippen LogP) is 3.49. The zero-order valence-electron chi connectivity index (χ0n) is 17.1. The van der Waals surface area contributed by atoms with Gasteiger partial charge in [0.05, 0.1) is 13.2 Å². The van der Waals surface area contributed by atoms with Gasteiger partial charge in [-0.2, -0.15) is 0 Å². The highest BCUT2D eigenvalue weighted by Gasteiger charge is 2.12. The van der Waals surface area contributed by atoms with Gasteiger partial charge in [0.15, 0.2) is 23.4 Å². The maximum Gasteiger partial charge on any atom is 0.192 e. The van der Waals surface area contributed by atoms with Gasteiger partial charge in [0.1, 0.15) is 12.4 Å². The molecule has 0 saturated heterocycles. The molecule has 2 rings (SSSR count). The summed E-state index contributed by atoms with van der Waals surface area (Å²) in [5.74, 6) is 2.14. The fraction of sp³-hybridized carbons (Fsp3) is 0.526. The Hall–Kier alpha value is -1.91. The first kappa shape index (κ1) is 24.1. The number of halogens is 2. The van der Waals surface area contributed by atoms with Crippen molar-refractivity contribution in [2.45, 2.75) is 46.2 Å². The van der Waals surface area contributed by atoms with Gasteiger partial charge in [-0.15, -0.1) is 34.2 Å². The van der Waals surface area contributed by atoms with Gasteiger partial charge in [-0.3, -0.25) is 0 Å². The number of aryl methyl sites for hydroxylation is 1. The molecule has 0 radical (unpaired) electrons. The number of nitrogens with one attached hydrogen (secondary N) is 2. The Bertz CT molecular complexity index is 780. The van der Waals surface area contributed by atoms with Crippen molar-refractivity contribution in [3.05, 3.63) is 41.2 Å². The van der Waals surface area contributed by atoms with E-state index in [2.05, 4.69) is 32.7 Å². The van der Waals surface area contributed by atoms with Gasteiger partial charge in [0, 0.05) is 13.6 Å². The van der Waals surface area contributed by atoms with Crippen LogP contribution in [-0.2, 0) is 13.6 Å². The topological polar surface area (TPSA) is 76.4 Å². The number of methoxy groups -OCH3 is 1. The van der Waals surface area contributed by atoms with Crippen molar-refractivity contribution >= 4 is 29.9 Å². The number of hydrogen-bond donors (Lipinski definition) is 2. The Balaban J connectivity index is 0.00000392. The lowest BCUT2D eigenvalue weighted by atomic mass is 10.1. The Morgan fingerprint density at radius 3 is 2.68 bits per heavy atom. The molecule has 9 heteroatoms. The van der Waals surface area contributed by atoms with Crippen LogP contribution in [0.25, 0.3) is 0 Å². The van der Waals surface area contributed by atoms with E-state index in [0.29, 0.717) is 12.5 Å². The summed E-state index contributed by atoms with van der Waals surface area (Å²) in [6.07, 6.45) is 2.12. The van der Waals surface area contributed by atoms with E-state index in [9.17, 15) is 4.39 Å². The summed E-state index contributed by atoms with van der Waals surface area (Å²) in [5, 5.41) is 14.8. The highest BCUT2D eigenvalue weighted by atomic mass is 127.